The highest BCUT2D eigenvalue weighted by atomic mass is 16.5. The van der Waals surface area contributed by atoms with Crippen LogP contribution in [-0.2, 0) is 20.7 Å². The maximum absolute atomic E-state index is 12.5. The van der Waals surface area contributed by atoms with Gasteiger partial charge in [-0.3, -0.25) is 14.5 Å². The summed E-state index contributed by atoms with van der Waals surface area (Å²) in [5, 5.41) is 10.4. The van der Waals surface area contributed by atoms with E-state index in [2.05, 4.69) is 12.1 Å². The molecule has 1 aliphatic heterocycles. The normalized spacial score (nSPS) is 29.4. The van der Waals surface area contributed by atoms with Crippen LogP contribution in [0.2, 0.25) is 0 Å². The first kappa shape index (κ1) is 17.7. The van der Waals surface area contributed by atoms with Gasteiger partial charge in [-0.2, -0.15) is 0 Å². The van der Waals surface area contributed by atoms with Gasteiger partial charge in [-0.15, -0.1) is 0 Å². The Morgan fingerprint density at radius 3 is 2.46 bits per heavy atom. The first-order chi connectivity index (χ1) is 12.6. The monoisotopic (exact) mass is 357 g/mol. The van der Waals surface area contributed by atoms with Gasteiger partial charge in [-0.05, 0) is 43.2 Å². The summed E-state index contributed by atoms with van der Waals surface area (Å²) in [5.41, 5.74) is 2.51. The van der Waals surface area contributed by atoms with Crippen molar-refractivity contribution >= 4 is 11.8 Å². The standard InChI is InChI=1S/C21H27NO4/c23-15(12-22-20(24)17-9-3-4-10-18(17)21(22)25)13-26-19-11-5-7-14-6-1-2-8-16(14)19/h1-2,6,8,15,17-19,23H,3-5,7,9-13H2/t15-,17-,18+,19+/m0/s1. The van der Waals surface area contributed by atoms with Gasteiger partial charge in [0.15, 0.2) is 0 Å². The van der Waals surface area contributed by atoms with E-state index in [0.29, 0.717) is 0 Å². The predicted molar refractivity (Wildman–Crippen MR) is 96.2 cm³/mol. The Bertz CT molecular complexity index is 664. The molecule has 2 aliphatic carbocycles. The van der Waals surface area contributed by atoms with Crippen LogP contribution in [0, 0.1) is 11.8 Å². The van der Waals surface area contributed by atoms with Crippen molar-refractivity contribution in [1.29, 1.82) is 0 Å². The van der Waals surface area contributed by atoms with Gasteiger partial charge in [0.2, 0.25) is 11.8 Å². The molecule has 4 atom stereocenters. The minimum atomic E-state index is -0.836. The van der Waals surface area contributed by atoms with Gasteiger partial charge in [-0.1, -0.05) is 37.1 Å². The van der Waals surface area contributed by atoms with E-state index in [-0.39, 0.29) is 42.9 Å². The molecule has 5 heteroatoms. The molecule has 1 saturated heterocycles. The molecule has 4 rings (SSSR count). The second kappa shape index (κ2) is 7.49. The number of carbonyl (C=O) groups excluding carboxylic acids is 2. The molecular weight excluding hydrogens is 330 g/mol. The van der Waals surface area contributed by atoms with Crippen molar-refractivity contribution in [2.75, 3.05) is 13.2 Å². The van der Waals surface area contributed by atoms with Crippen molar-refractivity contribution in [3.63, 3.8) is 0 Å². The Hall–Kier alpha value is -1.72. The molecule has 0 radical (unpaired) electrons. The molecule has 26 heavy (non-hydrogen) atoms. The summed E-state index contributed by atoms with van der Waals surface area (Å²) in [6.45, 7) is 0.199. The number of ether oxygens (including phenoxy) is 1. The van der Waals surface area contributed by atoms with E-state index >= 15 is 0 Å². The van der Waals surface area contributed by atoms with Crippen molar-refractivity contribution in [3.8, 4) is 0 Å². The molecule has 0 spiro atoms. The maximum atomic E-state index is 12.5. The van der Waals surface area contributed by atoms with Crippen LogP contribution in [0.25, 0.3) is 0 Å². The third-order valence-electron chi connectivity index (χ3n) is 6.13. The van der Waals surface area contributed by atoms with Gasteiger partial charge in [0.05, 0.1) is 37.2 Å². The zero-order valence-electron chi connectivity index (χ0n) is 15.1. The lowest BCUT2D eigenvalue weighted by atomic mass is 9.81. The van der Waals surface area contributed by atoms with E-state index in [9.17, 15) is 14.7 Å². The SMILES string of the molecule is O=C1[C@H]2CCCC[C@H]2C(=O)N1C[C@H](O)CO[C@@H]1CCCc2ccccc21. The molecule has 0 unspecified atom stereocenters. The Labute approximate surface area is 154 Å². The van der Waals surface area contributed by atoms with E-state index in [1.54, 1.807) is 0 Å². The van der Waals surface area contributed by atoms with Crippen LogP contribution >= 0.6 is 0 Å². The number of aliphatic hydroxyl groups is 1. The quantitative estimate of drug-likeness (QED) is 0.823. The first-order valence-electron chi connectivity index (χ1n) is 9.88. The minimum absolute atomic E-state index is 0.0119. The van der Waals surface area contributed by atoms with Crippen LogP contribution in [-0.4, -0.2) is 41.1 Å². The number of likely N-dealkylation sites (tertiary alicyclic amines) is 1. The molecule has 1 N–H and O–H groups in total. The zero-order valence-corrected chi connectivity index (χ0v) is 15.1. The number of hydrogen-bond acceptors (Lipinski definition) is 4. The third kappa shape index (κ3) is 3.30. The smallest absolute Gasteiger partial charge is 0.233 e. The fourth-order valence-corrected chi connectivity index (χ4v) is 4.78. The van der Waals surface area contributed by atoms with Crippen molar-refractivity contribution in [2.45, 2.75) is 57.2 Å². The number of benzene rings is 1. The number of β-amino-alcohol motifs (C(OH)–C–C–N with tert-alkyl or cyclic N) is 1. The van der Waals surface area contributed by atoms with Crippen LogP contribution in [0.15, 0.2) is 24.3 Å². The fraction of sp³-hybridized carbons (Fsp3) is 0.619. The molecule has 2 amide bonds. The van der Waals surface area contributed by atoms with E-state index in [1.807, 2.05) is 12.1 Å². The minimum Gasteiger partial charge on any atom is -0.389 e. The van der Waals surface area contributed by atoms with Crippen LogP contribution < -0.4 is 0 Å². The summed E-state index contributed by atoms with van der Waals surface area (Å²) in [4.78, 5) is 26.3. The highest BCUT2D eigenvalue weighted by Crippen LogP contribution is 2.38. The predicted octanol–water partition coefficient (Wildman–Crippen LogP) is 2.62. The Balaban J connectivity index is 1.34. The number of aryl methyl sites for hydroxylation is 1. The lowest BCUT2D eigenvalue weighted by molar-refractivity contribution is -0.142. The Kier molecular flexibility index (Phi) is 5.09. The molecule has 3 aliphatic rings. The number of amides is 2. The number of fused-ring (bicyclic) bond motifs is 2. The fourth-order valence-electron chi connectivity index (χ4n) is 4.78. The maximum Gasteiger partial charge on any atom is 0.233 e. The summed E-state index contributed by atoms with van der Waals surface area (Å²) >= 11 is 0. The number of imide groups is 1. The largest absolute Gasteiger partial charge is 0.389 e. The van der Waals surface area contributed by atoms with Gasteiger partial charge < -0.3 is 9.84 Å². The Morgan fingerprint density at radius 2 is 1.73 bits per heavy atom. The highest BCUT2D eigenvalue weighted by molar-refractivity contribution is 6.05. The van der Waals surface area contributed by atoms with E-state index < -0.39 is 6.10 Å². The number of hydrogen-bond donors (Lipinski definition) is 1. The molecular formula is C21H27NO4. The van der Waals surface area contributed by atoms with Crippen molar-refractivity contribution in [3.05, 3.63) is 35.4 Å². The van der Waals surface area contributed by atoms with Gasteiger partial charge in [-0.25, -0.2) is 0 Å². The number of carbonyl (C=O) groups is 2. The van der Waals surface area contributed by atoms with Gasteiger partial charge >= 0.3 is 0 Å². The second-order valence-corrected chi connectivity index (χ2v) is 7.85. The van der Waals surface area contributed by atoms with Crippen molar-refractivity contribution < 1.29 is 19.4 Å². The van der Waals surface area contributed by atoms with Crippen LogP contribution in [0.5, 0.6) is 0 Å². The van der Waals surface area contributed by atoms with Crippen molar-refractivity contribution in [1.82, 2.24) is 4.90 Å². The molecule has 1 aromatic rings. The van der Waals surface area contributed by atoms with Gasteiger partial charge in [0, 0.05) is 0 Å². The summed E-state index contributed by atoms with van der Waals surface area (Å²) in [6, 6.07) is 8.27. The second-order valence-electron chi connectivity index (χ2n) is 7.85. The lowest BCUT2D eigenvalue weighted by Crippen LogP contribution is -2.39. The van der Waals surface area contributed by atoms with Crippen LogP contribution in [0.3, 0.4) is 0 Å². The average Bonchev–Trinajstić information content (AvgIpc) is 2.91. The first-order valence-corrected chi connectivity index (χ1v) is 9.88. The van der Waals surface area contributed by atoms with E-state index in [0.717, 1.165) is 44.9 Å². The van der Waals surface area contributed by atoms with Gasteiger partial charge in [0.25, 0.3) is 0 Å². The van der Waals surface area contributed by atoms with Crippen LogP contribution in [0.1, 0.15) is 55.8 Å². The number of nitrogens with zero attached hydrogens (tertiary/aromatic N) is 1. The summed E-state index contributed by atoms with van der Waals surface area (Å²) < 4.78 is 5.97. The van der Waals surface area contributed by atoms with Crippen LogP contribution in [0.4, 0.5) is 0 Å². The summed E-state index contributed by atoms with van der Waals surface area (Å²) in [7, 11) is 0. The Morgan fingerprint density at radius 1 is 1.04 bits per heavy atom. The zero-order chi connectivity index (χ0) is 18.1. The molecule has 1 aromatic carbocycles. The summed E-state index contributed by atoms with van der Waals surface area (Å²) in [6.07, 6.45) is 5.87. The molecule has 1 saturated carbocycles. The molecule has 140 valence electrons. The van der Waals surface area contributed by atoms with E-state index in [1.165, 1.54) is 16.0 Å². The van der Waals surface area contributed by atoms with Crippen molar-refractivity contribution in [2.24, 2.45) is 11.8 Å². The topological polar surface area (TPSA) is 66.8 Å². The molecule has 2 fully saturated rings. The van der Waals surface area contributed by atoms with Gasteiger partial charge in [0.1, 0.15) is 0 Å². The molecule has 0 aromatic heterocycles. The third-order valence-corrected chi connectivity index (χ3v) is 6.13. The molecule has 5 nitrogen and oxygen atoms in total. The van der Waals surface area contributed by atoms with E-state index in [4.69, 9.17) is 4.74 Å². The summed E-state index contributed by atoms with van der Waals surface area (Å²) in [5.74, 6) is -0.507. The highest BCUT2D eigenvalue weighted by Gasteiger charge is 2.48. The number of rotatable bonds is 5. The average molecular weight is 357 g/mol. The molecule has 0 bridgehead atoms. The number of aliphatic hydroxyl groups excluding tert-OH is 1. The lowest BCUT2D eigenvalue weighted by Gasteiger charge is -2.27. The molecule has 1 heterocycles.